The number of carbonyl (C=O) groups excluding carboxylic acids is 2. The van der Waals surface area contributed by atoms with Crippen LogP contribution in [0.1, 0.15) is 47.3 Å². The van der Waals surface area contributed by atoms with Crippen LogP contribution >= 0.6 is 0 Å². The van der Waals surface area contributed by atoms with Crippen LogP contribution in [0.4, 0.5) is 5.69 Å². The van der Waals surface area contributed by atoms with Gasteiger partial charge in [-0.15, -0.1) is 0 Å². The molecule has 3 aromatic rings. The van der Waals surface area contributed by atoms with E-state index in [1.807, 2.05) is 73.7 Å². The van der Waals surface area contributed by atoms with E-state index in [2.05, 4.69) is 10.6 Å². The van der Waals surface area contributed by atoms with Crippen LogP contribution in [0, 0.1) is 11.3 Å². The van der Waals surface area contributed by atoms with Gasteiger partial charge in [0.2, 0.25) is 0 Å². The van der Waals surface area contributed by atoms with Crippen molar-refractivity contribution in [3.63, 3.8) is 0 Å². The van der Waals surface area contributed by atoms with Gasteiger partial charge in [0.15, 0.2) is 0 Å². The van der Waals surface area contributed by atoms with E-state index in [-0.39, 0.29) is 22.9 Å². The summed E-state index contributed by atoms with van der Waals surface area (Å²) in [4.78, 5) is 25.3. The Balaban J connectivity index is 1.79. The van der Waals surface area contributed by atoms with Crippen molar-refractivity contribution >= 4 is 17.6 Å². The zero-order chi connectivity index (χ0) is 24.2. The van der Waals surface area contributed by atoms with Crippen molar-refractivity contribution in [3.05, 3.63) is 113 Å². The lowest BCUT2D eigenvalue weighted by molar-refractivity contribution is -0.112. The van der Waals surface area contributed by atoms with Gasteiger partial charge in [-0.05, 0) is 29.7 Å². The van der Waals surface area contributed by atoms with E-state index in [0.29, 0.717) is 6.61 Å². The average Bonchev–Trinajstić information content (AvgIpc) is 2.88. The number of esters is 1. The molecule has 34 heavy (non-hydrogen) atoms. The number of carbonyl (C=O) groups is 2. The summed E-state index contributed by atoms with van der Waals surface area (Å²) in [5, 5.41) is 15.5. The number of nitrogens with one attached hydrogen (secondary N) is 2. The molecular weight excluding hydrogens is 426 g/mol. The van der Waals surface area contributed by atoms with Gasteiger partial charge in [0.1, 0.15) is 11.6 Å². The number of para-hydroxylation sites is 1. The van der Waals surface area contributed by atoms with Crippen molar-refractivity contribution in [2.24, 2.45) is 0 Å². The molecule has 0 fully saturated rings. The van der Waals surface area contributed by atoms with E-state index in [1.54, 1.807) is 24.3 Å². The first-order valence-corrected chi connectivity index (χ1v) is 11.2. The molecule has 0 aliphatic heterocycles. The molecule has 0 aliphatic rings. The number of rotatable bonds is 10. The van der Waals surface area contributed by atoms with E-state index >= 15 is 0 Å². The highest BCUT2D eigenvalue weighted by Gasteiger charge is 2.18. The molecule has 3 rings (SSSR count). The first kappa shape index (κ1) is 24.3. The molecule has 0 atom stereocenters. The van der Waals surface area contributed by atoms with Gasteiger partial charge in [-0.25, -0.2) is 4.79 Å². The largest absolute Gasteiger partial charge is 0.462 e. The van der Waals surface area contributed by atoms with E-state index in [4.69, 9.17) is 4.74 Å². The van der Waals surface area contributed by atoms with Gasteiger partial charge in [-0.1, -0.05) is 86.1 Å². The Morgan fingerprint density at radius 2 is 1.53 bits per heavy atom. The first-order chi connectivity index (χ1) is 16.6. The summed E-state index contributed by atoms with van der Waals surface area (Å²) in [5.41, 5.74) is 2.39. The van der Waals surface area contributed by atoms with Crippen LogP contribution in [0.15, 0.2) is 96.7 Å². The molecule has 0 unspecified atom stereocenters. The van der Waals surface area contributed by atoms with Crippen LogP contribution in [0.25, 0.3) is 0 Å². The topological polar surface area (TPSA) is 91.2 Å². The molecule has 0 saturated heterocycles. The highest BCUT2D eigenvalue weighted by Crippen LogP contribution is 2.22. The summed E-state index contributed by atoms with van der Waals surface area (Å²) in [6, 6.07) is 27.8. The maximum absolute atomic E-state index is 12.9. The lowest BCUT2D eigenvalue weighted by atomic mass is 9.99. The van der Waals surface area contributed by atoms with Crippen molar-refractivity contribution < 1.29 is 14.3 Å². The molecule has 3 aromatic carbocycles. The van der Waals surface area contributed by atoms with Crippen molar-refractivity contribution in [1.82, 2.24) is 5.32 Å². The Labute approximate surface area is 199 Å². The summed E-state index contributed by atoms with van der Waals surface area (Å²) < 4.78 is 5.27. The Morgan fingerprint density at radius 3 is 2.12 bits per heavy atom. The summed E-state index contributed by atoms with van der Waals surface area (Å²) >= 11 is 0. The van der Waals surface area contributed by atoms with E-state index in [0.717, 1.165) is 24.0 Å². The number of anilines is 1. The van der Waals surface area contributed by atoms with Crippen LogP contribution in [-0.4, -0.2) is 18.5 Å². The van der Waals surface area contributed by atoms with Crippen LogP contribution in [-0.2, 0) is 9.53 Å². The average molecular weight is 454 g/mol. The van der Waals surface area contributed by atoms with Crippen LogP contribution < -0.4 is 10.6 Å². The quantitative estimate of drug-likeness (QED) is 0.186. The minimum Gasteiger partial charge on any atom is -0.462 e. The van der Waals surface area contributed by atoms with Gasteiger partial charge >= 0.3 is 5.97 Å². The molecular formula is C28H27N3O3. The van der Waals surface area contributed by atoms with E-state index in [1.165, 1.54) is 6.20 Å². The van der Waals surface area contributed by atoms with Crippen LogP contribution in [0.5, 0.6) is 0 Å². The number of amides is 1. The highest BCUT2D eigenvalue weighted by molar-refractivity contribution is 6.09. The minimum absolute atomic E-state index is 0.119. The Hall–Kier alpha value is -4.37. The van der Waals surface area contributed by atoms with E-state index < -0.39 is 11.9 Å². The van der Waals surface area contributed by atoms with Crippen molar-refractivity contribution in [2.75, 3.05) is 11.9 Å². The number of hydrogen-bond acceptors (Lipinski definition) is 5. The molecule has 6 nitrogen and oxygen atoms in total. The predicted octanol–water partition coefficient (Wildman–Crippen LogP) is 5.37. The number of benzene rings is 3. The summed E-state index contributed by atoms with van der Waals surface area (Å²) in [5.74, 6) is -1.14. The lowest BCUT2D eigenvalue weighted by Crippen LogP contribution is -2.21. The third kappa shape index (κ3) is 6.57. The van der Waals surface area contributed by atoms with Crippen LogP contribution in [0.3, 0.4) is 0 Å². The van der Waals surface area contributed by atoms with Gasteiger partial charge < -0.3 is 15.4 Å². The molecule has 0 bridgehead atoms. The Morgan fingerprint density at radius 1 is 0.941 bits per heavy atom. The minimum atomic E-state index is -0.622. The van der Waals surface area contributed by atoms with Crippen molar-refractivity contribution in [1.29, 1.82) is 5.26 Å². The number of nitrogens with zero attached hydrogens (tertiary/aromatic N) is 1. The number of hydrogen-bond donors (Lipinski definition) is 2. The normalized spacial score (nSPS) is 10.9. The standard InChI is InChI=1S/C28H27N3O3/c1-2-3-18-34-28(33)24-16-10-11-17-25(24)31-27(32)23(19-29)20-30-26(21-12-6-4-7-13-21)22-14-8-5-9-15-22/h4-17,20,26,30H,2-3,18H2,1H3,(H,31,32)/b23-20-. The van der Waals surface area contributed by atoms with Gasteiger partial charge in [0.05, 0.1) is 23.9 Å². The molecule has 0 aromatic heterocycles. The summed E-state index contributed by atoms with van der Waals surface area (Å²) in [7, 11) is 0. The molecule has 172 valence electrons. The zero-order valence-electron chi connectivity index (χ0n) is 19.0. The van der Waals surface area contributed by atoms with Crippen molar-refractivity contribution in [3.8, 4) is 6.07 Å². The third-order valence-electron chi connectivity index (χ3n) is 5.15. The number of nitriles is 1. The second-order valence-electron chi connectivity index (χ2n) is 7.58. The van der Waals surface area contributed by atoms with Crippen molar-refractivity contribution in [2.45, 2.75) is 25.8 Å². The molecule has 0 heterocycles. The maximum Gasteiger partial charge on any atom is 0.340 e. The smallest absolute Gasteiger partial charge is 0.340 e. The zero-order valence-corrected chi connectivity index (χ0v) is 19.0. The Kier molecular flexibility index (Phi) is 9.00. The highest BCUT2D eigenvalue weighted by atomic mass is 16.5. The van der Waals surface area contributed by atoms with Gasteiger partial charge in [0, 0.05) is 6.20 Å². The predicted molar refractivity (Wildman–Crippen MR) is 132 cm³/mol. The SMILES string of the molecule is CCCCOC(=O)c1ccccc1NC(=O)/C(C#N)=C\NC(c1ccccc1)c1ccccc1. The monoisotopic (exact) mass is 453 g/mol. The lowest BCUT2D eigenvalue weighted by Gasteiger charge is -2.19. The first-order valence-electron chi connectivity index (χ1n) is 11.2. The third-order valence-corrected chi connectivity index (χ3v) is 5.15. The number of ether oxygens (including phenoxy) is 1. The van der Waals surface area contributed by atoms with Gasteiger partial charge in [-0.2, -0.15) is 5.26 Å². The fraction of sp³-hybridized carbons (Fsp3) is 0.179. The van der Waals surface area contributed by atoms with Crippen LogP contribution in [0.2, 0.25) is 0 Å². The molecule has 0 saturated carbocycles. The maximum atomic E-state index is 12.9. The van der Waals surface area contributed by atoms with Gasteiger partial charge in [-0.3, -0.25) is 4.79 Å². The molecule has 2 N–H and O–H groups in total. The molecule has 0 spiro atoms. The number of unbranched alkanes of at least 4 members (excludes halogenated alkanes) is 1. The second-order valence-corrected chi connectivity index (χ2v) is 7.58. The van der Waals surface area contributed by atoms with E-state index in [9.17, 15) is 14.9 Å². The second kappa shape index (κ2) is 12.6. The molecule has 1 amide bonds. The fourth-order valence-corrected chi connectivity index (χ4v) is 3.34. The fourth-order valence-electron chi connectivity index (χ4n) is 3.34. The Bertz CT molecular complexity index is 1130. The molecule has 0 aliphatic carbocycles. The van der Waals surface area contributed by atoms with Gasteiger partial charge in [0.25, 0.3) is 5.91 Å². The molecule has 6 heteroatoms. The summed E-state index contributed by atoms with van der Waals surface area (Å²) in [6.45, 7) is 2.32. The molecule has 0 radical (unpaired) electrons. The summed E-state index contributed by atoms with van der Waals surface area (Å²) in [6.07, 6.45) is 3.07.